The summed E-state index contributed by atoms with van der Waals surface area (Å²) in [4.78, 5) is 6.80. The molecule has 0 bridgehead atoms. The molecule has 0 saturated heterocycles. The number of aromatic nitrogens is 1. The summed E-state index contributed by atoms with van der Waals surface area (Å²) in [5, 5.41) is 3.29. The fraction of sp³-hybridized carbons (Fsp3) is 0.700. The Hall–Kier alpha value is -0.120. The van der Waals surface area contributed by atoms with E-state index in [1.54, 1.807) is 11.3 Å². The van der Waals surface area contributed by atoms with Gasteiger partial charge >= 0.3 is 0 Å². The van der Waals surface area contributed by atoms with E-state index in [1.807, 2.05) is 6.92 Å². The van der Waals surface area contributed by atoms with Gasteiger partial charge in [-0.15, -0.1) is 22.9 Å². The van der Waals surface area contributed by atoms with Crippen molar-refractivity contribution in [1.82, 2.24) is 9.88 Å². The molecule has 0 aromatic carbocycles. The van der Waals surface area contributed by atoms with Crippen LogP contribution in [0.3, 0.4) is 0 Å². The molecule has 1 aromatic heterocycles. The normalized spacial score (nSPS) is 11.1. The number of alkyl halides is 1. The van der Waals surface area contributed by atoms with Crippen LogP contribution in [0.4, 0.5) is 0 Å². The predicted molar refractivity (Wildman–Crippen MR) is 63.1 cm³/mol. The molecule has 0 aliphatic rings. The first-order valence-electron chi connectivity index (χ1n) is 4.95. The summed E-state index contributed by atoms with van der Waals surface area (Å²) in [5.74, 6) is 0.699. The lowest BCUT2D eigenvalue weighted by Gasteiger charge is -2.18. The van der Waals surface area contributed by atoms with E-state index in [9.17, 15) is 0 Å². The second-order valence-corrected chi connectivity index (χ2v) is 4.67. The zero-order valence-electron chi connectivity index (χ0n) is 8.79. The van der Waals surface area contributed by atoms with Crippen molar-refractivity contribution < 1.29 is 0 Å². The highest BCUT2D eigenvalue weighted by molar-refractivity contribution is 7.09. The van der Waals surface area contributed by atoms with Crippen LogP contribution in [0, 0.1) is 6.92 Å². The molecule has 1 aromatic rings. The third kappa shape index (κ3) is 3.95. The zero-order chi connectivity index (χ0) is 10.4. The Kier molecular flexibility index (Phi) is 5.45. The fourth-order valence-corrected chi connectivity index (χ4v) is 2.42. The highest BCUT2D eigenvalue weighted by Gasteiger charge is 2.06. The van der Waals surface area contributed by atoms with Crippen molar-refractivity contribution in [3.63, 3.8) is 0 Å². The molecule has 2 nitrogen and oxygen atoms in total. The maximum atomic E-state index is 5.74. The summed E-state index contributed by atoms with van der Waals surface area (Å²) in [7, 11) is 0. The van der Waals surface area contributed by atoms with Crippen molar-refractivity contribution in [2.75, 3.05) is 19.0 Å². The van der Waals surface area contributed by atoms with Crippen molar-refractivity contribution in [3.8, 4) is 0 Å². The lowest BCUT2D eigenvalue weighted by atomic mass is 10.4. The summed E-state index contributed by atoms with van der Waals surface area (Å²) in [5.41, 5.74) is 1.12. The van der Waals surface area contributed by atoms with Crippen LogP contribution in [-0.2, 0) is 6.54 Å². The first-order chi connectivity index (χ1) is 6.76. The lowest BCUT2D eigenvalue weighted by molar-refractivity contribution is 0.282. The Morgan fingerprint density at radius 1 is 1.50 bits per heavy atom. The Balaban J connectivity index is 2.46. The molecular formula is C10H17ClN2S. The molecule has 1 heterocycles. The van der Waals surface area contributed by atoms with Gasteiger partial charge in [-0.3, -0.25) is 4.90 Å². The van der Waals surface area contributed by atoms with Gasteiger partial charge in [0.05, 0.1) is 6.54 Å². The predicted octanol–water partition coefficient (Wildman–Crippen LogP) is 2.90. The summed E-state index contributed by atoms with van der Waals surface area (Å²) in [6, 6.07) is 0. The molecule has 0 N–H and O–H groups in total. The standard InChI is InChI=1S/C10H17ClN2S/c1-3-5-13(6-4-11)7-10-12-9(2)8-14-10/h8H,3-7H2,1-2H3. The maximum absolute atomic E-state index is 5.74. The van der Waals surface area contributed by atoms with Crippen LogP contribution in [0.2, 0.25) is 0 Å². The van der Waals surface area contributed by atoms with Crippen molar-refractivity contribution >= 4 is 22.9 Å². The van der Waals surface area contributed by atoms with Crippen LogP contribution in [0.1, 0.15) is 24.0 Å². The highest BCUT2D eigenvalue weighted by Crippen LogP contribution is 2.11. The van der Waals surface area contributed by atoms with Gasteiger partial charge in [0.15, 0.2) is 0 Å². The first kappa shape index (κ1) is 12.0. The number of rotatable bonds is 6. The van der Waals surface area contributed by atoms with Gasteiger partial charge in [-0.05, 0) is 19.9 Å². The summed E-state index contributed by atoms with van der Waals surface area (Å²) < 4.78 is 0. The van der Waals surface area contributed by atoms with Crippen LogP contribution < -0.4 is 0 Å². The van der Waals surface area contributed by atoms with Crippen LogP contribution in [-0.4, -0.2) is 28.9 Å². The minimum atomic E-state index is 0.699. The van der Waals surface area contributed by atoms with Gasteiger partial charge < -0.3 is 0 Å². The summed E-state index contributed by atoms with van der Waals surface area (Å²) in [6.45, 7) is 7.22. The second kappa shape index (κ2) is 6.38. The van der Waals surface area contributed by atoms with Crippen LogP contribution in [0.15, 0.2) is 5.38 Å². The first-order valence-corrected chi connectivity index (χ1v) is 6.37. The minimum Gasteiger partial charge on any atom is -0.295 e. The van der Waals surface area contributed by atoms with Crippen LogP contribution >= 0.6 is 22.9 Å². The molecule has 0 amide bonds. The molecule has 0 saturated carbocycles. The van der Waals surface area contributed by atoms with E-state index in [1.165, 1.54) is 11.4 Å². The Labute approximate surface area is 94.9 Å². The second-order valence-electron chi connectivity index (χ2n) is 3.35. The molecule has 0 aliphatic carbocycles. The number of hydrogen-bond acceptors (Lipinski definition) is 3. The summed E-state index contributed by atoms with van der Waals surface area (Å²) >= 11 is 7.48. The van der Waals surface area contributed by atoms with E-state index >= 15 is 0 Å². The molecule has 0 aliphatic heterocycles. The molecule has 0 unspecified atom stereocenters. The van der Waals surface area contributed by atoms with Gasteiger partial charge in [0, 0.05) is 23.5 Å². The molecule has 0 atom stereocenters. The molecule has 0 spiro atoms. The van der Waals surface area contributed by atoms with Crippen molar-refractivity contribution in [3.05, 3.63) is 16.1 Å². The number of hydrogen-bond donors (Lipinski definition) is 0. The third-order valence-electron chi connectivity index (χ3n) is 1.97. The van der Waals surface area contributed by atoms with Crippen molar-refractivity contribution in [2.45, 2.75) is 26.8 Å². The largest absolute Gasteiger partial charge is 0.295 e. The number of nitrogens with zero attached hydrogens (tertiary/aromatic N) is 2. The van der Waals surface area contributed by atoms with Crippen LogP contribution in [0.5, 0.6) is 0 Å². The van der Waals surface area contributed by atoms with E-state index in [0.717, 1.165) is 25.3 Å². The smallest absolute Gasteiger partial charge is 0.107 e. The molecule has 1 rings (SSSR count). The highest BCUT2D eigenvalue weighted by atomic mass is 35.5. The monoisotopic (exact) mass is 232 g/mol. The summed E-state index contributed by atoms with van der Waals surface area (Å²) in [6.07, 6.45) is 1.17. The molecule has 80 valence electrons. The van der Waals surface area contributed by atoms with Crippen LogP contribution in [0.25, 0.3) is 0 Å². The average Bonchev–Trinajstić information content (AvgIpc) is 2.52. The van der Waals surface area contributed by atoms with E-state index in [2.05, 4.69) is 22.2 Å². The molecule has 4 heteroatoms. The van der Waals surface area contributed by atoms with Gasteiger partial charge in [0.25, 0.3) is 0 Å². The van der Waals surface area contributed by atoms with E-state index in [4.69, 9.17) is 11.6 Å². The van der Waals surface area contributed by atoms with Gasteiger partial charge in [0.2, 0.25) is 0 Å². The number of aryl methyl sites for hydroxylation is 1. The number of thiazole rings is 1. The van der Waals surface area contributed by atoms with Crippen molar-refractivity contribution in [2.24, 2.45) is 0 Å². The fourth-order valence-electron chi connectivity index (χ4n) is 1.37. The molecule has 0 radical (unpaired) electrons. The maximum Gasteiger partial charge on any atom is 0.107 e. The van der Waals surface area contributed by atoms with Crippen molar-refractivity contribution in [1.29, 1.82) is 0 Å². The quantitative estimate of drug-likeness (QED) is 0.702. The molecule has 14 heavy (non-hydrogen) atoms. The van der Waals surface area contributed by atoms with Gasteiger partial charge in [-0.25, -0.2) is 4.98 Å². The SMILES string of the molecule is CCCN(CCCl)Cc1nc(C)cs1. The van der Waals surface area contributed by atoms with Gasteiger partial charge in [-0.2, -0.15) is 0 Å². The number of halogens is 1. The minimum absolute atomic E-state index is 0.699. The van der Waals surface area contributed by atoms with E-state index in [0.29, 0.717) is 5.88 Å². The molecule has 0 fully saturated rings. The zero-order valence-corrected chi connectivity index (χ0v) is 10.4. The lowest BCUT2D eigenvalue weighted by Crippen LogP contribution is -2.26. The Bertz CT molecular complexity index is 256. The van der Waals surface area contributed by atoms with E-state index < -0.39 is 0 Å². The van der Waals surface area contributed by atoms with E-state index in [-0.39, 0.29) is 0 Å². The average molecular weight is 233 g/mol. The molecular weight excluding hydrogens is 216 g/mol. The topological polar surface area (TPSA) is 16.1 Å². The van der Waals surface area contributed by atoms with Gasteiger partial charge in [-0.1, -0.05) is 6.92 Å². The van der Waals surface area contributed by atoms with Gasteiger partial charge in [0.1, 0.15) is 5.01 Å². The Morgan fingerprint density at radius 3 is 2.79 bits per heavy atom. The Morgan fingerprint density at radius 2 is 2.29 bits per heavy atom. The third-order valence-corrected chi connectivity index (χ3v) is 3.09.